The highest BCUT2D eigenvalue weighted by Gasteiger charge is 2.26. The van der Waals surface area contributed by atoms with Gasteiger partial charge in [0.1, 0.15) is 0 Å². The molecule has 0 saturated heterocycles. The summed E-state index contributed by atoms with van der Waals surface area (Å²) in [6.07, 6.45) is 4.18. The molecule has 1 aromatic carbocycles. The van der Waals surface area contributed by atoms with Gasteiger partial charge < -0.3 is 10.6 Å². The lowest BCUT2D eigenvalue weighted by molar-refractivity contribution is 0.0989. The molecule has 1 aromatic heterocycles. The van der Waals surface area contributed by atoms with Gasteiger partial charge >= 0.3 is 0 Å². The summed E-state index contributed by atoms with van der Waals surface area (Å²) in [5.41, 5.74) is 9.19. The fourth-order valence-electron chi connectivity index (χ4n) is 2.32. The van der Waals surface area contributed by atoms with Gasteiger partial charge in [-0.3, -0.25) is 9.48 Å². The number of anilines is 2. The van der Waals surface area contributed by atoms with Crippen LogP contribution in [0.2, 0.25) is 0 Å². The van der Waals surface area contributed by atoms with E-state index in [9.17, 15) is 4.79 Å². The van der Waals surface area contributed by atoms with E-state index < -0.39 is 0 Å². The minimum atomic E-state index is -0.00776. The predicted octanol–water partition coefficient (Wildman–Crippen LogP) is 1.21. The summed E-state index contributed by atoms with van der Waals surface area (Å²) < 4.78 is 1.63. The summed E-state index contributed by atoms with van der Waals surface area (Å²) >= 11 is 0. The van der Waals surface area contributed by atoms with Crippen molar-refractivity contribution in [1.82, 2.24) is 9.78 Å². The van der Waals surface area contributed by atoms with E-state index in [1.54, 1.807) is 29.0 Å². The van der Waals surface area contributed by atoms with E-state index in [1.165, 1.54) is 0 Å². The number of nitrogens with zero attached hydrogens (tertiary/aromatic N) is 3. The largest absolute Gasteiger partial charge is 0.399 e. The quantitative estimate of drug-likeness (QED) is 0.764. The molecule has 0 radical (unpaired) electrons. The van der Waals surface area contributed by atoms with Gasteiger partial charge in [0.15, 0.2) is 0 Å². The molecule has 0 spiro atoms. The van der Waals surface area contributed by atoms with Gasteiger partial charge in [0, 0.05) is 31.2 Å². The molecule has 3 rings (SSSR count). The van der Waals surface area contributed by atoms with E-state index in [4.69, 9.17) is 5.73 Å². The second-order valence-electron chi connectivity index (χ2n) is 4.50. The number of nitrogens with two attached hydrogens (primary N) is 1. The van der Waals surface area contributed by atoms with Crippen LogP contribution < -0.4 is 10.6 Å². The van der Waals surface area contributed by atoms with Gasteiger partial charge in [-0.15, -0.1) is 0 Å². The molecule has 2 heterocycles. The van der Waals surface area contributed by atoms with Crippen molar-refractivity contribution in [3.05, 3.63) is 41.7 Å². The first-order valence-electron chi connectivity index (χ1n) is 5.84. The van der Waals surface area contributed by atoms with Crippen LogP contribution in [0.3, 0.4) is 0 Å². The maximum atomic E-state index is 12.3. The molecule has 0 aliphatic carbocycles. The Morgan fingerprint density at radius 2 is 2.28 bits per heavy atom. The van der Waals surface area contributed by atoms with E-state index in [0.29, 0.717) is 12.1 Å². The van der Waals surface area contributed by atoms with Crippen molar-refractivity contribution in [1.29, 1.82) is 0 Å². The monoisotopic (exact) mass is 242 g/mol. The van der Waals surface area contributed by atoms with Gasteiger partial charge in [0.2, 0.25) is 0 Å². The highest BCUT2D eigenvalue weighted by molar-refractivity contribution is 6.07. The minimum absolute atomic E-state index is 0.00776. The molecule has 1 amide bonds. The average molecular weight is 242 g/mol. The van der Waals surface area contributed by atoms with Crippen LogP contribution in [0.4, 0.5) is 11.4 Å². The maximum Gasteiger partial charge on any atom is 0.261 e. The number of hydrogen-bond acceptors (Lipinski definition) is 3. The standard InChI is InChI=1S/C13H14N4O/c1-16-8-10(7-15-16)13(18)17-5-4-9-6-11(14)2-3-12(9)17/h2-3,6-8H,4-5,14H2,1H3. The Morgan fingerprint density at radius 1 is 1.44 bits per heavy atom. The molecule has 0 atom stereocenters. The van der Waals surface area contributed by atoms with E-state index in [2.05, 4.69) is 5.10 Å². The first-order chi connectivity index (χ1) is 8.65. The number of fused-ring (bicyclic) bond motifs is 1. The number of amides is 1. The van der Waals surface area contributed by atoms with E-state index in [0.717, 1.165) is 23.4 Å². The van der Waals surface area contributed by atoms with Gasteiger partial charge in [0.25, 0.3) is 5.91 Å². The lowest BCUT2D eigenvalue weighted by Gasteiger charge is -2.16. The van der Waals surface area contributed by atoms with Crippen LogP contribution in [-0.2, 0) is 13.5 Å². The van der Waals surface area contributed by atoms with E-state index in [-0.39, 0.29) is 5.91 Å². The van der Waals surface area contributed by atoms with Crippen LogP contribution in [0.25, 0.3) is 0 Å². The van der Waals surface area contributed by atoms with Gasteiger partial charge in [-0.25, -0.2) is 0 Å². The van der Waals surface area contributed by atoms with Crippen molar-refractivity contribution in [3.8, 4) is 0 Å². The predicted molar refractivity (Wildman–Crippen MR) is 69.4 cm³/mol. The number of aryl methyl sites for hydroxylation is 1. The number of carbonyl (C=O) groups is 1. The molecule has 1 aliphatic rings. The highest BCUT2D eigenvalue weighted by Crippen LogP contribution is 2.30. The molecule has 0 bridgehead atoms. The molecule has 5 heteroatoms. The number of carbonyl (C=O) groups excluding carboxylic acids is 1. The minimum Gasteiger partial charge on any atom is -0.399 e. The molecular weight excluding hydrogens is 228 g/mol. The van der Waals surface area contributed by atoms with Crippen molar-refractivity contribution < 1.29 is 4.79 Å². The van der Waals surface area contributed by atoms with Crippen molar-refractivity contribution in [2.75, 3.05) is 17.2 Å². The highest BCUT2D eigenvalue weighted by atomic mass is 16.2. The van der Waals surface area contributed by atoms with Crippen molar-refractivity contribution in [2.24, 2.45) is 7.05 Å². The van der Waals surface area contributed by atoms with Crippen molar-refractivity contribution >= 4 is 17.3 Å². The zero-order chi connectivity index (χ0) is 12.7. The Balaban J connectivity index is 1.95. The summed E-state index contributed by atoms with van der Waals surface area (Å²) in [6.45, 7) is 0.701. The number of rotatable bonds is 1. The number of nitrogen functional groups attached to an aromatic ring is 1. The molecule has 0 fully saturated rings. The molecular formula is C13H14N4O. The third-order valence-electron chi connectivity index (χ3n) is 3.20. The SMILES string of the molecule is Cn1cc(C(=O)N2CCc3cc(N)ccc32)cn1. The molecule has 5 nitrogen and oxygen atoms in total. The molecule has 18 heavy (non-hydrogen) atoms. The van der Waals surface area contributed by atoms with Crippen LogP contribution in [0.15, 0.2) is 30.6 Å². The average Bonchev–Trinajstić information content (AvgIpc) is 2.94. The number of benzene rings is 1. The Hall–Kier alpha value is -2.30. The third-order valence-corrected chi connectivity index (χ3v) is 3.20. The molecule has 2 aromatic rings. The maximum absolute atomic E-state index is 12.3. The van der Waals surface area contributed by atoms with E-state index in [1.807, 2.05) is 18.2 Å². The topological polar surface area (TPSA) is 64.2 Å². The summed E-state index contributed by atoms with van der Waals surface area (Å²) in [7, 11) is 1.80. The van der Waals surface area contributed by atoms with Gasteiger partial charge in [0.05, 0.1) is 11.8 Å². The Kier molecular flexibility index (Phi) is 2.33. The van der Waals surface area contributed by atoms with Crippen LogP contribution in [0, 0.1) is 0 Å². The number of aromatic nitrogens is 2. The summed E-state index contributed by atoms with van der Waals surface area (Å²) in [5.74, 6) is -0.00776. The van der Waals surface area contributed by atoms with E-state index >= 15 is 0 Å². The third kappa shape index (κ3) is 1.64. The summed E-state index contributed by atoms with van der Waals surface area (Å²) in [4.78, 5) is 14.1. The Bertz CT molecular complexity index is 617. The Labute approximate surface area is 105 Å². The fraction of sp³-hybridized carbons (Fsp3) is 0.231. The molecule has 1 aliphatic heterocycles. The Morgan fingerprint density at radius 3 is 3.00 bits per heavy atom. The van der Waals surface area contributed by atoms with Crippen LogP contribution in [0.1, 0.15) is 15.9 Å². The van der Waals surface area contributed by atoms with Crippen LogP contribution in [-0.4, -0.2) is 22.2 Å². The summed E-state index contributed by atoms with van der Waals surface area (Å²) in [5, 5.41) is 4.03. The molecule has 2 N–H and O–H groups in total. The first kappa shape index (κ1) is 10.8. The molecule has 92 valence electrons. The van der Waals surface area contributed by atoms with Gasteiger partial charge in [-0.2, -0.15) is 5.10 Å². The second-order valence-corrected chi connectivity index (χ2v) is 4.50. The summed E-state index contributed by atoms with van der Waals surface area (Å²) in [6, 6.07) is 5.67. The second kappa shape index (κ2) is 3.87. The van der Waals surface area contributed by atoms with Crippen molar-refractivity contribution in [2.45, 2.75) is 6.42 Å². The fourth-order valence-corrected chi connectivity index (χ4v) is 2.32. The van der Waals surface area contributed by atoms with Crippen LogP contribution >= 0.6 is 0 Å². The number of hydrogen-bond donors (Lipinski definition) is 1. The van der Waals surface area contributed by atoms with Crippen LogP contribution in [0.5, 0.6) is 0 Å². The van der Waals surface area contributed by atoms with Gasteiger partial charge in [-0.1, -0.05) is 0 Å². The first-order valence-corrected chi connectivity index (χ1v) is 5.84. The van der Waals surface area contributed by atoms with Gasteiger partial charge in [-0.05, 0) is 30.2 Å². The lowest BCUT2D eigenvalue weighted by Crippen LogP contribution is -2.28. The zero-order valence-electron chi connectivity index (χ0n) is 10.1. The smallest absolute Gasteiger partial charge is 0.261 e. The molecule has 0 saturated carbocycles. The zero-order valence-corrected chi connectivity index (χ0v) is 10.1. The lowest BCUT2D eigenvalue weighted by atomic mass is 10.1. The normalized spacial score (nSPS) is 13.7. The van der Waals surface area contributed by atoms with Crippen molar-refractivity contribution in [3.63, 3.8) is 0 Å². The molecule has 0 unspecified atom stereocenters.